The van der Waals surface area contributed by atoms with E-state index in [1.165, 1.54) is 7.11 Å². The standard InChI is InChI=1S/C19H23BrN4O3/c1-11(2)15(18(25)27-3)23-19(26)24-9-8-14-16(22-10-21-14)17(24)12-4-6-13(20)7-5-12/h4-7,10-11,15,17H,8-9H2,1-3H3,(H,21,22)(H,23,26). The zero-order chi connectivity index (χ0) is 19.6. The van der Waals surface area contributed by atoms with Gasteiger partial charge in [0.25, 0.3) is 0 Å². The zero-order valence-electron chi connectivity index (χ0n) is 15.5. The number of methoxy groups -OCH3 is 1. The number of nitrogens with one attached hydrogen (secondary N) is 2. The number of rotatable bonds is 4. The van der Waals surface area contributed by atoms with Gasteiger partial charge < -0.3 is 19.9 Å². The minimum atomic E-state index is -0.700. The van der Waals surface area contributed by atoms with Crippen LogP contribution in [0.2, 0.25) is 0 Å². The van der Waals surface area contributed by atoms with Gasteiger partial charge >= 0.3 is 12.0 Å². The highest BCUT2D eigenvalue weighted by molar-refractivity contribution is 9.10. The van der Waals surface area contributed by atoms with Gasteiger partial charge in [-0.25, -0.2) is 14.6 Å². The molecule has 0 bridgehead atoms. The van der Waals surface area contributed by atoms with Crippen molar-refractivity contribution in [2.45, 2.75) is 32.4 Å². The Labute approximate surface area is 166 Å². The normalized spacial score (nSPS) is 17.4. The molecule has 27 heavy (non-hydrogen) atoms. The number of carbonyl (C=O) groups excluding carboxylic acids is 2. The van der Waals surface area contributed by atoms with Crippen molar-refractivity contribution < 1.29 is 14.3 Å². The molecule has 1 aliphatic heterocycles. The van der Waals surface area contributed by atoms with Crippen LogP contribution in [0.25, 0.3) is 0 Å². The Hall–Kier alpha value is -2.35. The van der Waals surface area contributed by atoms with Crippen molar-refractivity contribution in [1.82, 2.24) is 20.2 Å². The number of hydrogen-bond donors (Lipinski definition) is 2. The van der Waals surface area contributed by atoms with Crippen LogP contribution in [0, 0.1) is 5.92 Å². The number of imidazole rings is 1. The summed E-state index contributed by atoms with van der Waals surface area (Å²) in [6, 6.07) is 6.50. The van der Waals surface area contributed by atoms with Gasteiger partial charge in [-0.05, 0) is 23.6 Å². The second kappa shape index (κ2) is 8.12. The number of benzene rings is 1. The minimum Gasteiger partial charge on any atom is -0.467 e. The number of amides is 2. The van der Waals surface area contributed by atoms with Gasteiger partial charge in [0.05, 0.1) is 19.1 Å². The zero-order valence-corrected chi connectivity index (χ0v) is 17.1. The summed E-state index contributed by atoms with van der Waals surface area (Å²) >= 11 is 3.44. The molecule has 8 heteroatoms. The number of aromatic amines is 1. The number of hydrogen-bond acceptors (Lipinski definition) is 4. The van der Waals surface area contributed by atoms with Gasteiger partial charge in [-0.2, -0.15) is 0 Å². The largest absolute Gasteiger partial charge is 0.467 e. The van der Waals surface area contributed by atoms with Crippen LogP contribution >= 0.6 is 15.9 Å². The van der Waals surface area contributed by atoms with E-state index in [9.17, 15) is 9.59 Å². The average Bonchev–Trinajstić information content (AvgIpc) is 3.13. The van der Waals surface area contributed by atoms with E-state index in [0.717, 1.165) is 21.4 Å². The first-order valence-corrected chi connectivity index (χ1v) is 9.64. The molecule has 0 radical (unpaired) electrons. The molecule has 1 aromatic heterocycles. The molecule has 0 spiro atoms. The molecule has 7 nitrogen and oxygen atoms in total. The lowest BCUT2D eigenvalue weighted by Crippen LogP contribution is -2.53. The fourth-order valence-electron chi connectivity index (χ4n) is 3.32. The van der Waals surface area contributed by atoms with Crippen molar-refractivity contribution in [3.05, 3.63) is 52.0 Å². The van der Waals surface area contributed by atoms with Crippen LogP contribution in [-0.2, 0) is 16.0 Å². The first kappa shape index (κ1) is 19.4. The quantitative estimate of drug-likeness (QED) is 0.723. The van der Waals surface area contributed by atoms with Crippen LogP contribution in [0.4, 0.5) is 4.79 Å². The molecule has 2 amide bonds. The van der Waals surface area contributed by atoms with Crippen LogP contribution in [0.5, 0.6) is 0 Å². The Kier molecular flexibility index (Phi) is 5.84. The average molecular weight is 435 g/mol. The lowest BCUT2D eigenvalue weighted by atomic mass is 9.96. The smallest absolute Gasteiger partial charge is 0.328 e. The third-order valence-corrected chi connectivity index (χ3v) is 5.30. The number of halogens is 1. The number of carbonyl (C=O) groups is 2. The van der Waals surface area contributed by atoms with E-state index in [-0.39, 0.29) is 18.0 Å². The van der Waals surface area contributed by atoms with E-state index in [2.05, 4.69) is 31.2 Å². The van der Waals surface area contributed by atoms with Crippen LogP contribution in [0.15, 0.2) is 35.1 Å². The predicted octanol–water partition coefficient (Wildman–Crippen LogP) is 3.03. The van der Waals surface area contributed by atoms with Gasteiger partial charge in [0.2, 0.25) is 0 Å². The minimum absolute atomic E-state index is 0.0849. The Morgan fingerprint density at radius 2 is 2.04 bits per heavy atom. The third-order valence-electron chi connectivity index (χ3n) is 4.77. The summed E-state index contributed by atoms with van der Waals surface area (Å²) in [6.07, 6.45) is 2.34. The molecule has 3 rings (SSSR count). The molecule has 2 atom stereocenters. The third kappa shape index (κ3) is 4.00. The number of fused-ring (bicyclic) bond motifs is 1. The van der Waals surface area contributed by atoms with Gasteiger partial charge in [-0.1, -0.05) is 41.9 Å². The molecule has 0 aliphatic carbocycles. The summed E-state index contributed by atoms with van der Waals surface area (Å²) in [5, 5.41) is 2.84. The van der Waals surface area contributed by atoms with Gasteiger partial charge in [0.1, 0.15) is 12.1 Å². The summed E-state index contributed by atoms with van der Waals surface area (Å²) in [5.74, 6) is -0.533. The number of H-pyrrole nitrogens is 1. The van der Waals surface area contributed by atoms with Crippen LogP contribution in [0.1, 0.15) is 36.8 Å². The molecule has 0 fully saturated rings. The molecule has 2 aromatic rings. The molecule has 2 N–H and O–H groups in total. The molecular formula is C19H23BrN4O3. The first-order valence-electron chi connectivity index (χ1n) is 8.85. The van der Waals surface area contributed by atoms with Crippen LogP contribution in [0.3, 0.4) is 0 Å². The highest BCUT2D eigenvalue weighted by Gasteiger charge is 2.36. The maximum atomic E-state index is 13.1. The van der Waals surface area contributed by atoms with Crippen molar-refractivity contribution in [2.75, 3.05) is 13.7 Å². The summed E-state index contributed by atoms with van der Waals surface area (Å²) in [5.41, 5.74) is 2.82. The molecular weight excluding hydrogens is 412 g/mol. The Morgan fingerprint density at radius 3 is 2.67 bits per heavy atom. The second-order valence-corrected chi connectivity index (χ2v) is 7.77. The summed E-state index contributed by atoms with van der Waals surface area (Å²) in [7, 11) is 1.32. The maximum absolute atomic E-state index is 13.1. The van der Waals surface area contributed by atoms with Crippen molar-refractivity contribution >= 4 is 27.9 Å². The lowest BCUT2D eigenvalue weighted by molar-refractivity contribution is -0.144. The fraction of sp³-hybridized carbons (Fsp3) is 0.421. The Balaban J connectivity index is 1.91. The van der Waals surface area contributed by atoms with E-state index in [0.29, 0.717) is 13.0 Å². The number of ether oxygens (including phenoxy) is 1. The number of urea groups is 1. The van der Waals surface area contributed by atoms with E-state index >= 15 is 0 Å². The number of aromatic nitrogens is 2. The van der Waals surface area contributed by atoms with E-state index in [4.69, 9.17) is 4.74 Å². The predicted molar refractivity (Wildman–Crippen MR) is 104 cm³/mol. The van der Waals surface area contributed by atoms with Crippen LogP contribution in [-0.4, -0.2) is 46.6 Å². The highest BCUT2D eigenvalue weighted by atomic mass is 79.9. The highest BCUT2D eigenvalue weighted by Crippen LogP contribution is 2.34. The number of nitrogens with zero attached hydrogens (tertiary/aromatic N) is 2. The lowest BCUT2D eigenvalue weighted by Gasteiger charge is -2.36. The van der Waals surface area contributed by atoms with Gasteiger partial charge in [-0.3, -0.25) is 0 Å². The van der Waals surface area contributed by atoms with Crippen molar-refractivity contribution in [1.29, 1.82) is 0 Å². The fourth-order valence-corrected chi connectivity index (χ4v) is 3.58. The maximum Gasteiger partial charge on any atom is 0.328 e. The monoisotopic (exact) mass is 434 g/mol. The van der Waals surface area contributed by atoms with E-state index in [1.807, 2.05) is 38.1 Å². The van der Waals surface area contributed by atoms with E-state index in [1.54, 1.807) is 11.2 Å². The number of esters is 1. The van der Waals surface area contributed by atoms with Crippen molar-refractivity contribution in [3.8, 4) is 0 Å². The first-order chi connectivity index (χ1) is 12.9. The SMILES string of the molecule is COC(=O)C(NC(=O)N1CCc2[nH]cnc2C1c1ccc(Br)cc1)C(C)C. The summed E-state index contributed by atoms with van der Waals surface area (Å²) in [4.78, 5) is 34.5. The van der Waals surface area contributed by atoms with Crippen molar-refractivity contribution in [2.24, 2.45) is 5.92 Å². The van der Waals surface area contributed by atoms with Gasteiger partial charge in [-0.15, -0.1) is 0 Å². The molecule has 144 valence electrons. The molecule has 1 aliphatic rings. The van der Waals surface area contributed by atoms with E-state index < -0.39 is 12.0 Å². The van der Waals surface area contributed by atoms with Crippen molar-refractivity contribution in [3.63, 3.8) is 0 Å². The molecule has 2 heterocycles. The molecule has 1 aromatic carbocycles. The summed E-state index contributed by atoms with van der Waals surface area (Å²) in [6.45, 7) is 4.26. The second-order valence-electron chi connectivity index (χ2n) is 6.86. The van der Waals surface area contributed by atoms with Gasteiger partial charge in [0, 0.05) is 23.1 Å². The summed E-state index contributed by atoms with van der Waals surface area (Å²) < 4.78 is 5.80. The molecule has 2 unspecified atom stereocenters. The van der Waals surface area contributed by atoms with Crippen LogP contribution < -0.4 is 5.32 Å². The topological polar surface area (TPSA) is 87.3 Å². The Bertz CT molecular complexity index is 819. The van der Waals surface area contributed by atoms with Gasteiger partial charge in [0.15, 0.2) is 0 Å². The molecule has 0 saturated heterocycles. The molecule has 0 saturated carbocycles. The Morgan fingerprint density at radius 1 is 1.33 bits per heavy atom.